The van der Waals surface area contributed by atoms with Crippen LogP contribution in [0.25, 0.3) is 0 Å². The highest BCUT2D eigenvalue weighted by Crippen LogP contribution is 2.48. The van der Waals surface area contributed by atoms with E-state index in [0.717, 1.165) is 22.4 Å². The van der Waals surface area contributed by atoms with Crippen LogP contribution in [0.5, 0.6) is 5.75 Å². The van der Waals surface area contributed by atoms with Gasteiger partial charge in [-0.1, -0.05) is 54.1 Å². The minimum atomic E-state index is -0.438. The number of nitro groups is 1. The second kappa shape index (κ2) is 6.90. The quantitative estimate of drug-likeness (QED) is 0.426. The monoisotopic (exact) mass is 405 g/mol. The van der Waals surface area contributed by atoms with Crippen LogP contribution in [0.2, 0.25) is 5.02 Å². The third kappa shape index (κ3) is 3.11. The van der Waals surface area contributed by atoms with Gasteiger partial charge in [0.05, 0.1) is 16.7 Å². The molecule has 5 rings (SSSR count). The zero-order valence-electron chi connectivity index (χ0n) is 15.2. The predicted molar refractivity (Wildman–Crippen MR) is 110 cm³/mol. The number of rotatable bonds is 3. The fourth-order valence-electron chi connectivity index (χ4n) is 3.84. The number of benzene rings is 3. The summed E-state index contributed by atoms with van der Waals surface area (Å²) in [5.41, 5.74) is 3.70. The van der Waals surface area contributed by atoms with E-state index in [1.54, 1.807) is 12.1 Å². The molecule has 3 aromatic rings. The molecule has 0 N–H and O–H groups in total. The lowest BCUT2D eigenvalue weighted by Gasteiger charge is -2.38. The van der Waals surface area contributed by atoms with Crippen LogP contribution in [0.1, 0.15) is 35.4 Å². The van der Waals surface area contributed by atoms with Gasteiger partial charge < -0.3 is 4.74 Å². The molecule has 2 heterocycles. The molecule has 0 aliphatic carbocycles. The van der Waals surface area contributed by atoms with E-state index in [4.69, 9.17) is 21.4 Å². The van der Waals surface area contributed by atoms with E-state index in [2.05, 4.69) is 0 Å². The molecule has 3 aromatic carbocycles. The maximum atomic E-state index is 11.3. The Morgan fingerprint density at radius 3 is 2.55 bits per heavy atom. The summed E-state index contributed by atoms with van der Waals surface area (Å²) < 4.78 is 6.24. The van der Waals surface area contributed by atoms with Crippen molar-refractivity contribution in [2.24, 2.45) is 5.10 Å². The van der Waals surface area contributed by atoms with E-state index >= 15 is 0 Å². The first kappa shape index (κ1) is 17.7. The van der Waals surface area contributed by atoms with Gasteiger partial charge in [0.15, 0.2) is 0 Å². The van der Waals surface area contributed by atoms with Crippen molar-refractivity contribution in [3.8, 4) is 5.75 Å². The van der Waals surface area contributed by atoms with Gasteiger partial charge in [-0.25, -0.2) is 5.01 Å². The highest BCUT2D eigenvalue weighted by atomic mass is 35.5. The maximum Gasteiger partial charge on any atom is 0.270 e. The number of hydrazone groups is 1. The Kier molecular flexibility index (Phi) is 4.21. The molecule has 29 heavy (non-hydrogen) atoms. The molecule has 2 unspecified atom stereocenters. The van der Waals surface area contributed by atoms with E-state index in [-0.39, 0.29) is 16.7 Å². The van der Waals surface area contributed by atoms with E-state index < -0.39 is 6.23 Å². The zero-order valence-corrected chi connectivity index (χ0v) is 16.0. The van der Waals surface area contributed by atoms with Gasteiger partial charge >= 0.3 is 0 Å². The summed E-state index contributed by atoms with van der Waals surface area (Å²) in [5, 5.41) is 18.7. The standard InChI is InChI=1S/C22H16ClN3O3/c23-16-8-6-15(7-9-16)22-25-20(13-19(24-25)14-4-2-1-3-5-14)18-12-17(26(27)28)10-11-21(18)29-22/h1-12,20,22H,13H2. The zero-order chi connectivity index (χ0) is 20.0. The molecule has 0 fully saturated rings. The summed E-state index contributed by atoms with van der Waals surface area (Å²) in [6.07, 6.45) is 0.207. The lowest BCUT2D eigenvalue weighted by Crippen LogP contribution is -2.33. The van der Waals surface area contributed by atoms with Crippen molar-refractivity contribution in [1.82, 2.24) is 5.01 Å². The van der Waals surface area contributed by atoms with Crippen molar-refractivity contribution in [3.05, 3.63) is 105 Å². The highest BCUT2D eigenvalue weighted by Gasteiger charge is 2.41. The number of nitro benzene ring substituents is 1. The smallest absolute Gasteiger partial charge is 0.270 e. The molecule has 6 nitrogen and oxygen atoms in total. The number of halogens is 1. The number of nitrogens with zero attached hydrogens (tertiary/aromatic N) is 3. The molecular formula is C22H16ClN3O3. The van der Waals surface area contributed by atoms with Crippen molar-refractivity contribution in [2.75, 3.05) is 0 Å². The molecule has 0 spiro atoms. The van der Waals surface area contributed by atoms with Gasteiger partial charge in [0.25, 0.3) is 5.69 Å². The number of hydrogen-bond acceptors (Lipinski definition) is 5. The number of hydrogen-bond donors (Lipinski definition) is 0. The molecule has 144 valence electrons. The molecular weight excluding hydrogens is 390 g/mol. The van der Waals surface area contributed by atoms with E-state index in [1.807, 2.05) is 59.6 Å². The van der Waals surface area contributed by atoms with Crippen molar-refractivity contribution < 1.29 is 9.66 Å². The average molecular weight is 406 g/mol. The Balaban J connectivity index is 1.61. The van der Waals surface area contributed by atoms with Crippen LogP contribution in [0.15, 0.2) is 77.9 Å². The SMILES string of the molecule is O=[N+]([O-])c1ccc2c(c1)C1CC(c3ccccc3)=NN1C(c1ccc(Cl)cc1)O2. The minimum Gasteiger partial charge on any atom is -0.464 e. The summed E-state index contributed by atoms with van der Waals surface area (Å²) in [5.74, 6) is 0.640. The Bertz CT molecular complexity index is 1120. The predicted octanol–water partition coefficient (Wildman–Crippen LogP) is 5.49. The normalized spacial score (nSPS) is 19.8. The third-order valence-corrected chi connectivity index (χ3v) is 5.50. The topological polar surface area (TPSA) is 68.0 Å². The first-order chi connectivity index (χ1) is 14.1. The summed E-state index contributed by atoms with van der Waals surface area (Å²) in [7, 11) is 0. The summed E-state index contributed by atoms with van der Waals surface area (Å²) in [6, 6.07) is 22.0. The number of fused-ring (bicyclic) bond motifs is 3. The average Bonchev–Trinajstić information content (AvgIpc) is 3.20. The summed E-state index contributed by atoms with van der Waals surface area (Å²) in [6.45, 7) is 0. The van der Waals surface area contributed by atoms with E-state index in [9.17, 15) is 10.1 Å². The van der Waals surface area contributed by atoms with Gasteiger partial charge in [-0.05, 0) is 23.8 Å². The molecule has 0 saturated heterocycles. The van der Waals surface area contributed by atoms with Crippen molar-refractivity contribution in [2.45, 2.75) is 18.7 Å². The highest BCUT2D eigenvalue weighted by molar-refractivity contribution is 6.30. The molecule has 2 atom stereocenters. The molecule has 2 aliphatic rings. The minimum absolute atomic E-state index is 0.0467. The van der Waals surface area contributed by atoms with Crippen LogP contribution in [0.3, 0.4) is 0 Å². The van der Waals surface area contributed by atoms with Crippen LogP contribution in [0.4, 0.5) is 5.69 Å². The lowest BCUT2D eigenvalue weighted by molar-refractivity contribution is -0.385. The Morgan fingerprint density at radius 2 is 1.83 bits per heavy atom. The third-order valence-electron chi connectivity index (χ3n) is 5.25. The fourth-order valence-corrected chi connectivity index (χ4v) is 3.97. The molecule has 0 saturated carbocycles. The number of ether oxygens (including phenoxy) is 1. The molecule has 0 aromatic heterocycles. The van der Waals surface area contributed by atoms with Gasteiger partial charge in [0, 0.05) is 34.7 Å². The molecule has 0 bridgehead atoms. The van der Waals surface area contributed by atoms with Crippen LogP contribution >= 0.6 is 11.6 Å². The van der Waals surface area contributed by atoms with Crippen molar-refractivity contribution in [1.29, 1.82) is 0 Å². The summed E-state index contributed by atoms with van der Waals surface area (Å²) >= 11 is 6.05. The second-order valence-electron chi connectivity index (χ2n) is 7.01. The van der Waals surface area contributed by atoms with E-state index in [1.165, 1.54) is 6.07 Å². The molecule has 0 amide bonds. The lowest BCUT2D eigenvalue weighted by atomic mass is 9.95. The van der Waals surface area contributed by atoms with Crippen molar-refractivity contribution >= 4 is 23.0 Å². The van der Waals surface area contributed by atoms with Gasteiger partial charge in [-0.15, -0.1) is 0 Å². The molecule has 0 radical (unpaired) electrons. The van der Waals surface area contributed by atoms with Gasteiger partial charge in [-0.3, -0.25) is 10.1 Å². The number of non-ortho nitro benzene ring substituents is 1. The van der Waals surface area contributed by atoms with Gasteiger partial charge in [-0.2, -0.15) is 5.10 Å². The van der Waals surface area contributed by atoms with Crippen LogP contribution < -0.4 is 4.74 Å². The first-order valence-corrected chi connectivity index (χ1v) is 9.59. The fraction of sp³-hybridized carbons (Fsp3) is 0.136. The van der Waals surface area contributed by atoms with Crippen LogP contribution in [-0.2, 0) is 0 Å². The summed E-state index contributed by atoms with van der Waals surface area (Å²) in [4.78, 5) is 10.9. The van der Waals surface area contributed by atoms with Gasteiger partial charge in [0.2, 0.25) is 6.23 Å². The van der Waals surface area contributed by atoms with Crippen LogP contribution in [-0.4, -0.2) is 15.6 Å². The Morgan fingerprint density at radius 1 is 1.07 bits per heavy atom. The van der Waals surface area contributed by atoms with Gasteiger partial charge in [0.1, 0.15) is 5.75 Å². The Labute approximate surface area is 172 Å². The Hall–Kier alpha value is -3.38. The first-order valence-electron chi connectivity index (χ1n) is 9.22. The largest absolute Gasteiger partial charge is 0.464 e. The molecule has 7 heteroatoms. The molecule has 2 aliphatic heterocycles. The second-order valence-corrected chi connectivity index (χ2v) is 7.45. The van der Waals surface area contributed by atoms with E-state index in [0.29, 0.717) is 17.2 Å². The van der Waals surface area contributed by atoms with Crippen molar-refractivity contribution in [3.63, 3.8) is 0 Å². The maximum absolute atomic E-state index is 11.3. The van der Waals surface area contributed by atoms with Crippen LogP contribution in [0, 0.1) is 10.1 Å².